The number of Topliss-reactive ketones (excluding diaryl/α,β-unsaturated/α-hetero) is 1. The van der Waals surface area contributed by atoms with Crippen LogP contribution in [-0.4, -0.2) is 23.3 Å². The molecule has 0 radical (unpaired) electrons. The molecule has 1 aromatic carbocycles. The summed E-state index contributed by atoms with van der Waals surface area (Å²) in [7, 11) is 0. The zero-order valence-electron chi connectivity index (χ0n) is 9.84. The van der Waals surface area contributed by atoms with Gasteiger partial charge in [0.05, 0.1) is 16.7 Å². The summed E-state index contributed by atoms with van der Waals surface area (Å²) in [5.41, 5.74) is 1.33. The molecule has 1 unspecified atom stereocenters. The van der Waals surface area contributed by atoms with Gasteiger partial charge in [0.25, 0.3) is 5.69 Å². The molecule has 0 N–H and O–H groups in total. The maximum absolute atomic E-state index is 12.1. The highest BCUT2D eigenvalue weighted by molar-refractivity contribution is 6.11. The van der Waals surface area contributed by atoms with E-state index in [9.17, 15) is 14.9 Å². The molecule has 0 spiro atoms. The molecule has 1 aromatic rings. The van der Waals surface area contributed by atoms with Crippen LogP contribution in [0.3, 0.4) is 0 Å². The minimum Gasteiger partial charge on any atom is -0.361 e. The van der Waals surface area contributed by atoms with Crippen molar-refractivity contribution < 1.29 is 9.72 Å². The van der Waals surface area contributed by atoms with Crippen molar-refractivity contribution in [3.05, 3.63) is 33.9 Å². The Labute approximate surface area is 99.2 Å². The van der Waals surface area contributed by atoms with Crippen molar-refractivity contribution in [2.45, 2.75) is 26.3 Å². The van der Waals surface area contributed by atoms with E-state index in [-0.39, 0.29) is 17.5 Å². The fraction of sp³-hybridized carbons (Fsp3) is 0.417. The van der Waals surface area contributed by atoms with Crippen LogP contribution >= 0.6 is 0 Å². The lowest BCUT2D eigenvalue weighted by molar-refractivity contribution is -0.384. The molecule has 17 heavy (non-hydrogen) atoms. The summed E-state index contributed by atoms with van der Waals surface area (Å²) < 4.78 is 0. The zero-order chi connectivity index (χ0) is 12.6. The van der Waals surface area contributed by atoms with Gasteiger partial charge in [0.2, 0.25) is 0 Å². The van der Waals surface area contributed by atoms with Crippen LogP contribution in [0.5, 0.6) is 0 Å². The zero-order valence-corrected chi connectivity index (χ0v) is 9.84. The summed E-state index contributed by atoms with van der Waals surface area (Å²) in [4.78, 5) is 24.3. The number of anilines is 1. The number of nitro benzene ring substituents is 1. The SMILES string of the molecule is CCC1C(=O)c2ccc([N+](=O)[O-])cc2N1CC. The number of non-ortho nitro benzene ring substituents is 1. The minimum atomic E-state index is -0.433. The first-order valence-corrected chi connectivity index (χ1v) is 5.69. The first-order chi connectivity index (χ1) is 8.10. The van der Waals surface area contributed by atoms with Crippen LogP contribution in [-0.2, 0) is 0 Å². The van der Waals surface area contributed by atoms with E-state index in [4.69, 9.17) is 0 Å². The van der Waals surface area contributed by atoms with Crippen LogP contribution in [0.2, 0.25) is 0 Å². The summed E-state index contributed by atoms with van der Waals surface area (Å²) in [6, 6.07) is 4.28. The second-order valence-electron chi connectivity index (χ2n) is 4.03. The van der Waals surface area contributed by atoms with Crippen molar-refractivity contribution in [1.29, 1.82) is 0 Å². The van der Waals surface area contributed by atoms with Gasteiger partial charge in [-0.3, -0.25) is 14.9 Å². The van der Waals surface area contributed by atoms with Crippen molar-refractivity contribution in [2.75, 3.05) is 11.4 Å². The van der Waals surface area contributed by atoms with Gasteiger partial charge in [0.15, 0.2) is 5.78 Å². The van der Waals surface area contributed by atoms with Crippen LogP contribution in [0, 0.1) is 10.1 Å². The molecule has 0 aliphatic carbocycles. The summed E-state index contributed by atoms with van der Waals surface area (Å²) in [5.74, 6) is 0.0687. The Hall–Kier alpha value is -1.91. The maximum atomic E-state index is 12.1. The van der Waals surface area contributed by atoms with E-state index < -0.39 is 4.92 Å². The largest absolute Gasteiger partial charge is 0.361 e. The van der Waals surface area contributed by atoms with Gasteiger partial charge in [-0.2, -0.15) is 0 Å². The molecule has 0 fully saturated rings. The third-order valence-corrected chi connectivity index (χ3v) is 3.17. The smallest absolute Gasteiger partial charge is 0.271 e. The Balaban J connectivity index is 2.52. The van der Waals surface area contributed by atoms with Crippen molar-refractivity contribution >= 4 is 17.2 Å². The lowest BCUT2D eigenvalue weighted by Gasteiger charge is -2.23. The first-order valence-electron chi connectivity index (χ1n) is 5.69. The Morgan fingerprint density at radius 2 is 2.12 bits per heavy atom. The molecule has 1 heterocycles. The number of benzene rings is 1. The van der Waals surface area contributed by atoms with E-state index in [0.717, 1.165) is 6.42 Å². The molecule has 5 nitrogen and oxygen atoms in total. The molecule has 0 saturated carbocycles. The fourth-order valence-electron chi connectivity index (χ4n) is 2.37. The molecule has 1 atom stereocenters. The third kappa shape index (κ3) is 1.67. The second-order valence-corrected chi connectivity index (χ2v) is 4.03. The standard InChI is InChI=1S/C12H14N2O3/c1-3-10-12(15)9-6-5-8(14(16)17)7-11(9)13(10)4-2/h5-7,10H,3-4H2,1-2H3. The number of carbonyl (C=O) groups is 1. The summed E-state index contributed by atoms with van der Waals surface area (Å²) in [5, 5.41) is 10.7. The van der Waals surface area contributed by atoms with Crippen LogP contribution in [0.1, 0.15) is 30.6 Å². The van der Waals surface area contributed by atoms with Gasteiger partial charge in [-0.15, -0.1) is 0 Å². The lowest BCUT2D eigenvalue weighted by atomic mass is 10.1. The topological polar surface area (TPSA) is 63.4 Å². The monoisotopic (exact) mass is 234 g/mol. The number of fused-ring (bicyclic) bond motifs is 1. The van der Waals surface area contributed by atoms with Gasteiger partial charge in [-0.25, -0.2) is 0 Å². The molecule has 1 aliphatic heterocycles. The van der Waals surface area contributed by atoms with Gasteiger partial charge in [-0.05, 0) is 19.4 Å². The minimum absolute atomic E-state index is 0.0340. The van der Waals surface area contributed by atoms with Gasteiger partial charge in [0, 0.05) is 24.2 Å². The van der Waals surface area contributed by atoms with E-state index >= 15 is 0 Å². The summed E-state index contributed by atoms with van der Waals surface area (Å²) in [6.07, 6.45) is 0.717. The molecule has 0 aromatic heterocycles. The number of hydrogen-bond donors (Lipinski definition) is 0. The average molecular weight is 234 g/mol. The molecule has 0 saturated heterocycles. The van der Waals surface area contributed by atoms with Gasteiger partial charge >= 0.3 is 0 Å². The third-order valence-electron chi connectivity index (χ3n) is 3.17. The van der Waals surface area contributed by atoms with Crippen LogP contribution in [0.15, 0.2) is 18.2 Å². The second kappa shape index (κ2) is 4.16. The summed E-state index contributed by atoms with van der Waals surface area (Å²) >= 11 is 0. The van der Waals surface area contributed by atoms with Crippen molar-refractivity contribution in [3.63, 3.8) is 0 Å². The number of ketones is 1. The number of hydrogen-bond acceptors (Lipinski definition) is 4. The average Bonchev–Trinajstić information content (AvgIpc) is 2.60. The quantitative estimate of drug-likeness (QED) is 0.595. The van der Waals surface area contributed by atoms with Gasteiger partial charge in [-0.1, -0.05) is 6.92 Å². The predicted molar refractivity (Wildman–Crippen MR) is 64.5 cm³/mol. The first kappa shape index (κ1) is 11.6. The van der Waals surface area contributed by atoms with Crippen LogP contribution < -0.4 is 4.90 Å². The number of nitro groups is 1. The van der Waals surface area contributed by atoms with Crippen molar-refractivity contribution in [3.8, 4) is 0 Å². The molecule has 1 aliphatic rings. The number of nitrogens with zero attached hydrogens (tertiary/aromatic N) is 2. The van der Waals surface area contributed by atoms with Crippen LogP contribution in [0.4, 0.5) is 11.4 Å². The highest BCUT2D eigenvalue weighted by atomic mass is 16.6. The molecule has 2 rings (SSSR count). The van der Waals surface area contributed by atoms with E-state index in [2.05, 4.69) is 0 Å². The summed E-state index contributed by atoms with van der Waals surface area (Å²) in [6.45, 7) is 4.58. The van der Waals surface area contributed by atoms with E-state index in [0.29, 0.717) is 17.8 Å². The van der Waals surface area contributed by atoms with Crippen molar-refractivity contribution in [1.82, 2.24) is 0 Å². The highest BCUT2D eigenvalue weighted by Gasteiger charge is 2.35. The molecule has 5 heteroatoms. The van der Waals surface area contributed by atoms with E-state index in [1.54, 1.807) is 6.07 Å². The molecule has 0 bridgehead atoms. The molecule has 90 valence electrons. The van der Waals surface area contributed by atoms with Gasteiger partial charge in [0.1, 0.15) is 0 Å². The number of carbonyl (C=O) groups excluding carboxylic acids is 1. The van der Waals surface area contributed by atoms with E-state index in [1.807, 2.05) is 18.7 Å². The normalized spacial score (nSPS) is 18.4. The number of likely N-dealkylation sites (N-methyl/N-ethyl adjacent to an activating group) is 1. The number of rotatable bonds is 3. The molecular weight excluding hydrogens is 220 g/mol. The highest BCUT2D eigenvalue weighted by Crippen LogP contribution is 2.35. The van der Waals surface area contributed by atoms with Gasteiger partial charge < -0.3 is 4.90 Å². The molecule has 0 amide bonds. The Morgan fingerprint density at radius 3 is 2.65 bits per heavy atom. The Bertz CT molecular complexity index is 485. The molecular formula is C12H14N2O3. The van der Waals surface area contributed by atoms with E-state index in [1.165, 1.54) is 12.1 Å². The Morgan fingerprint density at radius 1 is 1.41 bits per heavy atom. The predicted octanol–water partition coefficient (Wildman–Crippen LogP) is 2.40. The van der Waals surface area contributed by atoms with Crippen molar-refractivity contribution in [2.24, 2.45) is 0 Å². The van der Waals surface area contributed by atoms with Crippen LogP contribution in [0.25, 0.3) is 0 Å². The lowest BCUT2D eigenvalue weighted by Crippen LogP contribution is -2.34. The Kier molecular flexibility index (Phi) is 2.83. The fourth-order valence-corrected chi connectivity index (χ4v) is 2.37. The maximum Gasteiger partial charge on any atom is 0.271 e.